The van der Waals surface area contributed by atoms with E-state index in [1.807, 2.05) is 36.4 Å². The first-order valence-corrected chi connectivity index (χ1v) is 6.54. The molecule has 2 heterocycles. The monoisotopic (exact) mass is 281 g/mol. The Balaban J connectivity index is 1.97. The lowest BCUT2D eigenvalue weighted by Gasteiger charge is -2.10. The molecule has 21 heavy (non-hydrogen) atoms. The Labute approximate surface area is 122 Å². The molecule has 0 aliphatic rings. The molecule has 0 spiro atoms. The molecule has 1 aromatic carbocycles. The van der Waals surface area contributed by atoms with Gasteiger partial charge >= 0.3 is 0 Å². The summed E-state index contributed by atoms with van der Waals surface area (Å²) in [6.07, 6.45) is 0. The third-order valence-electron chi connectivity index (χ3n) is 3.07. The second-order valence-corrected chi connectivity index (χ2v) is 4.55. The number of benzene rings is 1. The fourth-order valence-corrected chi connectivity index (χ4v) is 2.02. The molecule has 0 atom stereocenters. The van der Waals surface area contributed by atoms with Gasteiger partial charge in [-0.1, -0.05) is 30.3 Å². The normalized spacial score (nSPS) is 10.5. The fraction of sp³-hybridized carbons (Fsp3) is 0.125. The summed E-state index contributed by atoms with van der Waals surface area (Å²) >= 11 is 0. The van der Waals surface area contributed by atoms with Crippen LogP contribution in [0.15, 0.2) is 48.5 Å². The van der Waals surface area contributed by atoms with Crippen molar-refractivity contribution in [3.8, 4) is 11.8 Å². The maximum Gasteiger partial charge on any atom is 0.244 e. The zero-order valence-corrected chi connectivity index (χ0v) is 11.6. The van der Waals surface area contributed by atoms with Crippen LogP contribution in [0.3, 0.4) is 0 Å². The molecular formula is C16H15N3O2. The first-order chi connectivity index (χ1) is 10.3. The number of nitrogens with zero attached hydrogens (tertiary/aromatic N) is 2. The number of ether oxygens (including phenoxy) is 2. The summed E-state index contributed by atoms with van der Waals surface area (Å²) in [7, 11) is 1.57. The van der Waals surface area contributed by atoms with Crippen LogP contribution in [-0.2, 0) is 6.61 Å². The number of pyridine rings is 2. The predicted octanol–water partition coefficient (Wildman–Crippen LogP) is 2.80. The van der Waals surface area contributed by atoms with Crippen LogP contribution in [0.2, 0.25) is 0 Å². The van der Waals surface area contributed by atoms with E-state index in [0.717, 1.165) is 10.9 Å². The molecule has 3 rings (SSSR count). The van der Waals surface area contributed by atoms with Crippen molar-refractivity contribution in [1.29, 1.82) is 0 Å². The van der Waals surface area contributed by atoms with Crippen LogP contribution in [0.5, 0.6) is 11.8 Å². The minimum Gasteiger partial charge on any atom is -0.481 e. The van der Waals surface area contributed by atoms with Crippen LogP contribution in [0.1, 0.15) is 5.56 Å². The van der Waals surface area contributed by atoms with E-state index in [0.29, 0.717) is 29.7 Å². The van der Waals surface area contributed by atoms with Gasteiger partial charge in [0.15, 0.2) is 0 Å². The van der Waals surface area contributed by atoms with E-state index in [-0.39, 0.29) is 0 Å². The standard InChI is InChI=1S/C16H15N3O2/c1-20-14-9-12-7-8-13(17)18-15(12)16(19-14)21-10-11-5-3-2-4-6-11/h2-9H,10H2,1H3,(H2,17,18). The van der Waals surface area contributed by atoms with Crippen molar-refractivity contribution in [3.05, 3.63) is 54.1 Å². The summed E-state index contributed by atoms with van der Waals surface area (Å²) in [6, 6.07) is 15.3. The maximum atomic E-state index is 5.79. The molecule has 2 N–H and O–H groups in total. The van der Waals surface area contributed by atoms with Crippen LogP contribution < -0.4 is 15.2 Å². The van der Waals surface area contributed by atoms with Crippen molar-refractivity contribution in [3.63, 3.8) is 0 Å². The Kier molecular flexibility index (Phi) is 3.55. The van der Waals surface area contributed by atoms with Crippen molar-refractivity contribution in [2.75, 3.05) is 12.8 Å². The van der Waals surface area contributed by atoms with Gasteiger partial charge in [-0.3, -0.25) is 0 Å². The van der Waals surface area contributed by atoms with E-state index < -0.39 is 0 Å². The average molecular weight is 281 g/mol. The van der Waals surface area contributed by atoms with Crippen molar-refractivity contribution in [2.45, 2.75) is 6.61 Å². The molecule has 0 saturated carbocycles. The van der Waals surface area contributed by atoms with Crippen molar-refractivity contribution >= 4 is 16.7 Å². The van der Waals surface area contributed by atoms with E-state index in [1.54, 1.807) is 19.2 Å². The average Bonchev–Trinajstić information content (AvgIpc) is 2.53. The van der Waals surface area contributed by atoms with Gasteiger partial charge in [-0.25, -0.2) is 4.98 Å². The molecule has 5 nitrogen and oxygen atoms in total. The molecule has 0 amide bonds. The first-order valence-electron chi connectivity index (χ1n) is 6.54. The number of methoxy groups -OCH3 is 1. The molecule has 2 aromatic heterocycles. The number of aromatic nitrogens is 2. The number of hydrogen-bond donors (Lipinski definition) is 1. The van der Waals surface area contributed by atoms with E-state index in [9.17, 15) is 0 Å². The van der Waals surface area contributed by atoms with Gasteiger partial charge in [-0.05, 0) is 17.7 Å². The van der Waals surface area contributed by atoms with Gasteiger partial charge in [0.2, 0.25) is 11.8 Å². The van der Waals surface area contributed by atoms with Gasteiger partial charge in [0.1, 0.15) is 17.9 Å². The van der Waals surface area contributed by atoms with Crippen molar-refractivity contribution in [2.24, 2.45) is 0 Å². The minimum absolute atomic E-state index is 0.409. The number of rotatable bonds is 4. The number of nitrogen functional groups attached to an aromatic ring is 1. The molecular weight excluding hydrogens is 266 g/mol. The summed E-state index contributed by atoms with van der Waals surface area (Å²) in [5, 5.41) is 0.874. The predicted molar refractivity (Wildman–Crippen MR) is 81.3 cm³/mol. The van der Waals surface area contributed by atoms with Gasteiger partial charge in [0.05, 0.1) is 7.11 Å². The molecule has 0 saturated heterocycles. The molecule has 3 aromatic rings. The lowest BCUT2D eigenvalue weighted by Crippen LogP contribution is -2.01. The van der Waals surface area contributed by atoms with Crippen molar-refractivity contribution in [1.82, 2.24) is 9.97 Å². The molecule has 0 aliphatic heterocycles. The first kappa shape index (κ1) is 13.2. The lowest BCUT2D eigenvalue weighted by molar-refractivity contribution is 0.290. The Bertz CT molecular complexity index is 760. The third-order valence-corrected chi connectivity index (χ3v) is 3.07. The molecule has 0 aliphatic carbocycles. The Morgan fingerprint density at radius 1 is 1.05 bits per heavy atom. The highest BCUT2D eigenvalue weighted by molar-refractivity contribution is 5.85. The van der Waals surface area contributed by atoms with Crippen LogP contribution in [-0.4, -0.2) is 17.1 Å². The van der Waals surface area contributed by atoms with Gasteiger partial charge in [0.25, 0.3) is 0 Å². The Hall–Kier alpha value is -2.82. The summed E-state index contributed by atoms with van der Waals surface area (Å²) < 4.78 is 11.0. The molecule has 5 heteroatoms. The zero-order valence-electron chi connectivity index (χ0n) is 11.6. The molecule has 0 fully saturated rings. The lowest BCUT2D eigenvalue weighted by atomic mass is 10.2. The minimum atomic E-state index is 0.409. The van der Waals surface area contributed by atoms with E-state index in [2.05, 4.69) is 9.97 Å². The maximum absolute atomic E-state index is 5.79. The van der Waals surface area contributed by atoms with Gasteiger partial charge in [-0.2, -0.15) is 4.98 Å². The molecule has 0 bridgehead atoms. The van der Waals surface area contributed by atoms with Crippen LogP contribution in [0.25, 0.3) is 10.9 Å². The molecule has 0 radical (unpaired) electrons. The van der Waals surface area contributed by atoms with Gasteiger partial charge in [-0.15, -0.1) is 0 Å². The second-order valence-electron chi connectivity index (χ2n) is 4.55. The SMILES string of the molecule is COc1cc2ccc(N)nc2c(OCc2ccccc2)n1. The summed E-state index contributed by atoms with van der Waals surface area (Å²) in [4.78, 5) is 8.61. The van der Waals surface area contributed by atoms with Crippen LogP contribution >= 0.6 is 0 Å². The summed E-state index contributed by atoms with van der Waals surface area (Å²) in [5.74, 6) is 1.33. The van der Waals surface area contributed by atoms with E-state index >= 15 is 0 Å². The molecule has 0 unspecified atom stereocenters. The Morgan fingerprint density at radius 3 is 2.62 bits per heavy atom. The quantitative estimate of drug-likeness (QED) is 0.796. The highest BCUT2D eigenvalue weighted by atomic mass is 16.5. The number of anilines is 1. The Morgan fingerprint density at radius 2 is 1.86 bits per heavy atom. The topological polar surface area (TPSA) is 70.3 Å². The largest absolute Gasteiger partial charge is 0.481 e. The van der Waals surface area contributed by atoms with Crippen molar-refractivity contribution < 1.29 is 9.47 Å². The number of fused-ring (bicyclic) bond motifs is 1. The number of hydrogen-bond acceptors (Lipinski definition) is 5. The van der Waals surface area contributed by atoms with E-state index in [1.165, 1.54) is 0 Å². The smallest absolute Gasteiger partial charge is 0.244 e. The highest BCUT2D eigenvalue weighted by Gasteiger charge is 2.10. The zero-order chi connectivity index (χ0) is 14.7. The summed E-state index contributed by atoms with van der Waals surface area (Å²) in [5.41, 5.74) is 7.43. The van der Waals surface area contributed by atoms with E-state index in [4.69, 9.17) is 15.2 Å². The van der Waals surface area contributed by atoms with Crippen LogP contribution in [0.4, 0.5) is 5.82 Å². The fourth-order valence-electron chi connectivity index (χ4n) is 2.02. The molecule has 106 valence electrons. The van der Waals surface area contributed by atoms with Gasteiger partial charge < -0.3 is 15.2 Å². The summed E-state index contributed by atoms with van der Waals surface area (Å²) in [6.45, 7) is 0.409. The van der Waals surface area contributed by atoms with Crippen LogP contribution in [0, 0.1) is 0 Å². The second kappa shape index (κ2) is 5.66. The number of nitrogens with two attached hydrogens (primary N) is 1. The third kappa shape index (κ3) is 2.86. The van der Waals surface area contributed by atoms with Gasteiger partial charge in [0, 0.05) is 11.5 Å². The highest BCUT2D eigenvalue weighted by Crippen LogP contribution is 2.27.